The van der Waals surface area contributed by atoms with Gasteiger partial charge in [0.15, 0.2) is 0 Å². The highest BCUT2D eigenvalue weighted by atomic mass is 16.5. The molecule has 1 fully saturated rings. The fourth-order valence-electron chi connectivity index (χ4n) is 2.32. The van der Waals surface area contributed by atoms with E-state index in [0.29, 0.717) is 12.4 Å². The molecule has 3 N–H and O–H groups in total. The molecule has 1 amide bonds. The first-order chi connectivity index (χ1) is 9.15. The molecule has 1 unspecified atom stereocenters. The number of nitrogens with two attached hydrogens (primary N) is 1. The van der Waals surface area contributed by atoms with E-state index >= 15 is 0 Å². The highest BCUT2D eigenvalue weighted by Gasteiger charge is 2.26. The number of aromatic nitrogens is 2. The number of hydrogen-bond acceptors (Lipinski definition) is 6. The van der Waals surface area contributed by atoms with Gasteiger partial charge in [0.05, 0.1) is 13.2 Å². The molecule has 1 aromatic rings. The maximum atomic E-state index is 11.2. The van der Waals surface area contributed by atoms with Crippen LogP contribution in [-0.4, -0.2) is 42.3 Å². The zero-order chi connectivity index (χ0) is 13.8. The molecule has 0 bridgehead atoms. The second-order valence-corrected chi connectivity index (χ2v) is 4.48. The van der Waals surface area contributed by atoms with E-state index in [1.54, 1.807) is 0 Å². The molecule has 1 aliphatic rings. The Bertz CT molecular complexity index is 465. The summed E-state index contributed by atoms with van der Waals surface area (Å²) in [4.78, 5) is 21.6. The second-order valence-electron chi connectivity index (χ2n) is 4.48. The molecule has 0 aliphatic carbocycles. The molecule has 104 valence electrons. The van der Waals surface area contributed by atoms with Crippen LogP contribution in [0, 0.1) is 0 Å². The van der Waals surface area contributed by atoms with Crippen LogP contribution in [0.4, 0.5) is 16.4 Å². The fraction of sp³-hybridized carbons (Fsp3) is 0.583. The molecule has 2 rings (SSSR count). The molecule has 1 saturated heterocycles. The minimum atomic E-state index is -0.398. The number of alkyl carbamates (subject to hydrolysis) is 1. The van der Waals surface area contributed by atoms with E-state index in [1.807, 2.05) is 6.92 Å². The molecule has 2 heterocycles. The van der Waals surface area contributed by atoms with Gasteiger partial charge in [-0.15, -0.1) is 0 Å². The van der Waals surface area contributed by atoms with Gasteiger partial charge in [-0.2, -0.15) is 0 Å². The van der Waals surface area contributed by atoms with Crippen LogP contribution in [0.3, 0.4) is 0 Å². The van der Waals surface area contributed by atoms with Crippen LogP contribution in [0.1, 0.15) is 18.9 Å². The number of nitrogen functional groups attached to an aromatic ring is 1. The Kier molecular flexibility index (Phi) is 4.03. The molecule has 0 aromatic carbocycles. The number of nitrogens with one attached hydrogen (secondary N) is 1. The van der Waals surface area contributed by atoms with Crippen molar-refractivity contribution in [2.45, 2.75) is 25.8 Å². The van der Waals surface area contributed by atoms with Crippen molar-refractivity contribution >= 4 is 17.7 Å². The predicted molar refractivity (Wildman–Crippen MR) is 72.0 cm³/mol. The van der Waals surface area contributed by atoms with Crippen molar-refractivity contribution in [3.05, 3.63) is 11.9 Å². The van der Waals surface area contributed by atoms with Crippen molar-refractivity contribution in [2.75, 3.05) is 30.8 Å². The van der Waals surface area contributed by atoms with Gasteiger partial charge in [-0.25, -0.2) is 14.8 Å². The van der Waals surface area contributed by atoms with Gasteiger partial charge in [0, 0.05) is 18.7 Å². The summed E-state index contributed by atoms with van der Waals surface area (Å²) < 4.78 is 4.60. The van der Waals surface area contributed by atoms with Gasteiger partial charge in [-0.3, -0.25) is 0 Å². The standard InChI is InChI=1S/C12H19N5O2/c1-3-9-10(13)14-7-15-11(9)17-5-4-8(6-17)16-12(18)19-2/h7-8H,3-6H2,1-2H3,(H,16,18)(H2,13,14,15). The first-order valence-electron chi connectivity index (χ1n) is 6.34. The highest BCUT2D eigenvalue weighted by molar-refractivity contribution is 5.67. The third-order valence-electron chi connectivity index (χ3n) is 3.30. The lowest BCUT2D eigenvalue weighted by Crippen LogP contribution is -2.37. The number of amides is 1. The van der Waals surface area contributed by atoms with Crippen LogP contribution in [0.15, 0.2) is 6.33 Å². The van der Waals surface area contributed by atoms with Crippen LogP contribution in [0.2, 0.25) is 0 Å². The molecule has 1 aliphatic heterocycles. The van der Waals surface area contributed by atoms with Gasteiger partial charge in [0.1, 0.15) is 18.0 Å². The van der Waals surface area contributed by atoms with Crippen molar-refractivity contribution in [1.29, 1.82) is 0 Å². The number of anilines is 2. The number of rotatable bonds is 3. The molecule has 0 spiro atoms. The summed E-state index contributed by atoms with van der Waals surface area (Å²) in [6.07, 6.45) is 2.73. The average Bonchev–Trinajstić information content (AvgIpc) is 2.86. The zero-order valence-corrected chi connectivity index (χ0v) is 11.2. The van der Waals surface area contributed by atoms with Crippen molar-refractivity contribution in [2.24, 2.45) is 0 Å². The molecule has 7 nitrogen and oxygen atoms in total. The molecule has 7 heteroatoms. The number of hydrogen-bond donors (Lipinski definition) is 2. The van der Waals surface area contributed by atoms with E-state index in [2.05, 4.69) is 24.9 Å². The number of ether oxygens (including phenoxy) is 1. The lowest BCUT2D eigenvalue weighted by molar-refractivity contribution is 0.167. The van der Waals surface area contributed by atoms with Gasteiger partial charge >= 0.3 is 6.09 Å². The average molecular weight is 265 g/mol. The first-order valence-corrected chi connectivity index (χ1v) is 6.34. The number of nitrogens with zero attached hydrogens (tertiary/aromatic N) is 3. The minimum Gasteiger partial charge on any atom is -0.453 e. The topological polar surface area (TPSA) is 93.4 Å². The molecule has 0 radical (unpaired) electrons. The Hall–Kier alpha value is -2.05. The molecular weight excluding hydrogens is 246 g/mol. The Morgan fingerprint density at radius 1 is 1.63 bits per heavy atom. The first kappa shape index (κ1) is 13.4. The summed E-state index contributed by atoms with van der Waals surface area (Å²) in [6, 6.07) is 0.0772. The van der Waals surface area contributed by atoms with E-state index in [9.17, 15) is 4.79 Å². The SMILES string of the molecule is CCc1c(N)ncnc1N1CCC(NC(=O)OC)C1. The Morgan fingerprint density at radius 2 is 2.42 bits per heavy atom. The predicted octanol–water partition coefficient (Wildman–Crippen LogP) is 0.556. The summed E-state index contributed by atoms with van der Waals surface area (Å²) in [6.45, 7) is 3.56. The molecule has 0 saturated carbocycles. The highest BCUT2D eigenvalue weighted by Crippen LogP contribution is 2.25. The number of carbonyl (C=O) groups is 1. The third kappa shape index (κ3) is 2.86. The second kappa shape index (κ2) is 5.73. The maximum absolute atomic E-state index is 11.2. The van der Waals surface area contributed by atoms with Crippen LogP contribution < -0.4 is 16.0 Å². The van der Waals surface area contributed by atoms with E-state index in [-0.39, 0.29) is 6.04 Å². The largest absolute Gasteiger partial charge is 0.453 e. The third-order valence-corrected chi connectivity index (χ3v) is 3.30. The van der Waals surface area contributed by atoms with Crippen LogP contribution >= 0.6 is 0 Å². The van der Waals surface area contributed by atoms with Gasteiger partial charge in [0.25, 0.3) is 0 Å². The summed E-state index contributed by atoms with van der Waals surface area (Å²) in [7, 11) is 1.36. The van der Waals surface area contributed by atoms with E-state index in [0.717, 1.165) is 30.8 Å². The smallest absolute Gasteiger partial charge is 0.407 e. The molecular formula is C12H19N5O2. The summed E-state index contributed by atoms with van der Waals surface area (Å²) >= 11 is 0. The van der Waals surface area contributed by atoms with Crippen molar-refractivity contribution in [3.8, 4) is 0 Å². The van der Waals surface area contributed by atoms with Crippen molar-refractivity contribution < 1.29 is 9.53 Å². The number of carbonyl (C=O) groups excluding carboxylic acids is 1. The van der Waals surface area contributed by atoms with Gasteiger partial charge in [0.2, 0.25) is 0 Å². The van der Waals surface area contributed by atoms with Crippen molar-refractivity contribution in [3.63, 3.8) is 0 Å². The Balaban J connectivity index is 2.09. The van der Waals surface area contributed by atoms with Gasteiger partial charge in [-0.1, -0.05) is 6.92 Å². The van der Waals surface area contributed by atoms with Gasteiger partial charge < -0.3 is 20.7 Å². The van der Waals surface area contributed by atoms with E-state index in [4.69, 9.17) is 5.73 Å². The van der Waals surface area contributed by atoms with Crippen LogP contribution in [-0.2, 0) is 11.2 Å². The Morgan fingerprint density at radius 3 is 3.11 bits per heavy atom. The van der Waals surface area contributed by atoms with E-state index in [1.165, 1.54) is 13.4 Å². The molecule has 1 aromatic heterocycles. The number of methoxy groups -OCH3 is 1. The van der Waals surface area contributed by atoms with Crippen LogP contribution in [0.25, 0.3) is 0 Å². The molecule has 19 heavy (non-hydrogen) atoms. The van der Waals surface area contributed by atoms with Crippen LogP contribution in [0.5, 0.6) is 0 Å². The summed E-state index contributed by atoms with van der Waals surface area (Å²) in [5, 5.41) is 2.80. The lowest BCUT2D eigenvalue weighted by Gasteiger charge is -2.20. The monoisotopic (exact) mass is 265 g/mol. The van der Waals surface area contributed by atoms with Crippen molar-refractivity contribution in [1.82, 2.24) is 15.3 Å². The quantitative estimate of drug-likeness (QED) is 0.829. The Labute approximate surface area is 112 Å². The summed E-state index contributed by atoms with van der Waals surface area (Å²) in [5.41, 5.74) is 6.83. The van der Waals surface area contributed by atoms with E-state index < -0.39 is 6.09 Å². The maximum Gasteiger partial charge on any atom is 0.407 e. The normalized spacial score (nSPS) is 18.4. The van der Waals surface area contributed by atoms with Gasteiger partial charge in [-0.05, 0) is 12.8 Å². The summed E-state index contributed by atoms with van der Waals surface area (Å²) in [5.74, 6) is 1.39. The molecule has 1 atom stereocenters. The minimum absolute atomic E-state index is 0.0772. The fourth-order valence-corrected chi connectivity index (χ4v) is 2.32. The lowest BCUT2D eigenvalue weighted by atomic mass is 10.2. The zero-order valence-electron chi connectivity index (χ0n) is 11.2.